The van der Waals surface area contributed by atoms with E-state index < -0.39 is 0 Å². The Morgan fingerprint density at radius 2 is 1.94 bits per heavy atom. The molecule has 0 fully saturated rings. The Labute approximate surface area is 127 Å². The second-order valence-electron chi connectivity index (χ2n) is 3.97. The molecule has 18 heavy (non-hydrogen) atoms. The number of benzene rings is 1. The number of anilines is 1. The van der Waals surface area contributed by atoms with Crippen molar-refractivity contribution >= 4 is 51.5 Å². The van der Waals surface area contributed by atoms with E-state index in [4.69, 9.17) is 12.2 Å². The van der Waals surface area contributed by atoms with Crippen LogP contribution in [0.1, 0.15) is 32.6 Å². The van der Waals surface area contributed by atoms with Crippen LogP contribution >= 0.6 is 34.8 Å². The van der Waals surface area contributed by atoms with E-state index in [1.807, 2.05) is 24.3 Å². The summed E-state index contributed by atoms with van der Waals surface area (Å²) in [5.41, 5.74) is 0.884. The predicted octanol–water partition coefficient (Wildman–Crippen LogP) is 3.68. The van der Waals surface area contributed by atoms with Crippen LogP contribution in [-0.4, -0.2) is 11.0 Å². The number of thiocarbonyl (C=S) groups is 1. The van der Waals surface area contributed by atoms with Crippen molar-refractivity contribution in [1.29, 1.82) is 0 Å². The first-order valence-electron chi connectivity index (χ1n) is 5.98. The number of hydrogen-bond acceptors (Lipinski definition) is 2. The van der Waals surface area contributed by atoms with Crippen molar-refractivity contribution in [2.45, 2.75) is 32.6 Å². The molecule has 0 saturated carbocycles. The topological polar surface area (TPSA) is 41.1 Å². The Morgan fingerprint density at radius 1 is 1.28 bits per heavy atom. The van der Waals surface area contributed by atoms with E-state index in [2.05, 4.69) is 40.1 Å². The molecule has 0 bridgehead atoms. The molecular weight excluding hydrogens is 359 g/mol. The summed E-state index contributed by atoms with van der Waals surface area (Å²) >= 11 is 7.32. The van der Waals surface area contributed by atoms with Gasteiger partial charge in [0.05, 0.1) is 0 Å². The molecule has 0 radical (unpaired) electrons. The normalized spacial score (nSPS) is 9.89. The summed E-state index contributed by atoms with van der Waals surface area (Å²) in [6.07, 6.45) is 3.63. The Bertz CT molecular complexity index is 406. The molecule has 0 aliphatic rings. The van der Waals surface area contributed by atoms with Gasteiger partial charge in [0, 0.05) is 15.7 Å². The zero-order valence-corrected chi connectivity index (χ0v) is 13.3. The van der Waals surface area contributed by atoms with Crippen LogP contribution in [0.4, 0.5) is 5.69 Å². The Kier molecular flexibility index (Phi) is 7.19. The zero-order valence-electron chi connectivity index (χ0n) is 10.3. The maximum Gasteiger partial charge on any atom is 0.226 e. The fourth-order valence-electron chi connectivity index (χ4n) is 1.42. The molecule has 1 amide bonds. The Hall–Kier alpha value is -0.690. The fourth-order valence-corrected chi connectivity index (χ4v) is 2.01. The maximum absolute atomic E-state index is 11.5. The van der Waals surface area contributed by atoms with Crippen molar-refractivity contribution in [3.8, 4) is 0 Å². The summed E-state index contributed by atoms with van der Waals surface area (Å²) < 4.78 is 1.16. The van der Waals surface area contributed by atoms with Crippen molar-refractivity contribution in [3.63, 3.8) is 0 Å². The second-order valence-corrected chi connectivity index (χ2v) is 5.62. The summed E-state index contributed by atoms with van der Waals surface area (Å²) in [6, 6.07) is 7.82. The molecule has 0 aromatic heterocycles. The number of nitrogens with one attached hydrogen (secondary N) is 2. The van der Waals surface area contributed by atoms with Crippen LogP contribution < -0.4 is 10.6 Å². The van der Waals surface area contributed by atoms with Gasteiger partial charge >= 0.3 is 0 Å². The molecule has 1 aromatic rings. The lowest BCUT2D eigenvalue weighted by atomic mass is 10.2. The van der Waals surface area contributed by atoms with Gasteiger partial charge in [-0.15, -0.1) is 0 Å². The van der Waals surface area contributed by atoms with E-state index >= 15 is 0 Å². The lowest BCUT2D eigenvalue weighted by Crippen LogP contribution is -2.33. The predicted molar refractivity (Wildman–Crippen MR) is 87.7 cm³/mol. The van der Waals surface area contributed by atoms with E-state index in [1.165, 1.54) is 0 Å². The molecule has 5 heteroatoms. The molecular formula is C13H17IN2OS. The number of carbonyl (C=O) groups excluding carboxylic acids is 1. The average Bonchev–Trinajstić information content (AvgIpc) is 2.32. The largest absolute Gasteiger partial charge is 0.332 e. The SMILES string of the molecule is CCCCCC(=O)NC(=S)Nc1ccc(I)cc1. The van der Waals surface area contributed by atoms with Crippen LogP contribution in [0.25, 0.3) is 0 Å². The van der Waals surface area contributed by atoms with Gasteiger partial charge in [-0.1, -0.05) is 19.8 Å². The van der Waals surface area contributed by atoms with Crippen LogP contribution in [-0.2, 0) is 4.79 Å². The molecule has 1 rings (SSSR count). The molecule has 1 aromatic carbocycles. The molecule has 0 heterocycles. The third-order valence-corrected chi connectivity index (χ3v) is 3.29. The minimum Gasteiger partial charge on any atom is -0.332 e. The molecule has 0 aliphatic heterocycles. The molecule has 0 saturated heterocycles. The standard InChI is InChI=1S/C13H17IN2OS/c1-2-3-4-5-12(17)16-13(18)15-11-8-6-10(14)7-9-11/h6-9H,2-5H2,1H3,(H2,15,16,17,18). The Balaban J connectivity index is 2.32. The highest BCUT2D eigenvalue weighted by Crippen LogP contribution is 2.10. The van der Waals surface area contributed by atoms with Gasteiger partial charge in [-0.3, -0.25) is 4.79 Å². The van der Waals surface area contributed by atoms with Crippen LogP contribution in [0.5, 0.6) is 0 Å². The van der Waals surface area contributed by atoms with Crippen LogP contribution in [0.3, 0.4) is 0 Å². The van der Waals surface area contributed by atoms with Crippen molar-refractivity contribution in [3.05, 3.63) is 27.8 Å². The van der Waals surface area contributed by atoms with Gasteiger partial charge in [0.25, 0.3) is 0 Å². The highest BCUT2D eigenvalue weighted by molar-refractivity contribution is 14.1. The van der Waals surface area contributed by atoms with Gasteiger partial charge in [0.1, 0.15) is 0 Å². The van der Waals surface area contributed by atoms with E-state index in [1.54, 1.807) is 0 Å². The summed E-state index contributed by atoms with van der Waals surface area (Å²) in [5, 5.41) is 6.03. The number of unbranched alkanes of at least 4 members (excludes halogenated alkanes) is 2. The lowest BCUT2D eigenvalue weighted by Gasteiger charge is -2.09. The van der Waals surface area contributed by atoms with Crippen molar-refractivity contribution in [2.24, 2.45) is 0 Å². The van der Waals surface area contributed by atoms with Gasteiger partial charge in [-0.25, -0.2) is 0 Å². The minimum absolute atomic E-state index is 0.0218. The van der Waals surface area contributed by atoms with Crippen LogP contribution in [0.15, 0.2) is 24.3 Å². The molecule has 2 N–H and O–H groups in total. The lowest BCUT2D eigenvalue weighted by molar-refractivity contribution is -0.119. The van der Waals surface area contributed by atoms with Gasteiger partial charge in [0.15, 0.2) is 5.11 Å². The molecule has 0 aliphatic carbocycles. The van der Waals surface area contributed by atoms with Crippen molar-refractivity contribution in [1.82, 2.24) is 5.32 Å². The number of rotatable bonds is 5. The van der Waals surface area contributed by atoms with E-state index in [9.17, 15) is 4.79 Å². The second kappa shape index (κ2) is 8.42. The first-order valence-corrected chi connectivity index (χ1v) is 7.47. The van der Waals surface area contributed by atoms with E-state index in [-0.39, 0.29) is 5.91 Å². The molecule has 3 nitrogen and oxygen atoms in total. The Morgan fingerprint density at radius 3 is 2.56 bits per heavy atom. The summed E-state index contributed by atoms with van der Waals surface area (Å²) in [7, 11) is 0. The van der Waals surface area contributed by atoms with Gasteiger partial charge in [0.2, 0.25) is 5.91 Å². The van der Waals surface area contributed by atoms with Crippen LogP contribution in [0, 0.1) is 3.57 Å². The maximum atomic E-state index is 11.5. The average molecular weight is 376 g/mol. The molecule has 98 valence electrons. The van der Waals surface area contributed by atoms with Crippen LogP contribution in [0.2, 0.25) is 0 Å². The molecule has 0 unspecified atom stereocenters. The third-order valence-electron chi connectivity index (χ3n) is 2.36. The summed E-state index contributed by atoms with van der Waals surface area (Å²) in [4.78, 5) is 11.5. The molecule has 0 atom stereocenters. The zero-order chi connectivity index (χ0) is 13.4. The highest BCUT2D eigenvalue weighted by Gasteiger charge is 2.04. The van der Waals surface area contributed by atoms with E-state index in [0.717, 1.165) is 28.5 Å². The quantitative estimate of drug-likeness (QED) is 0.468. The molecule has 0 spiro atoms. The number of hydrogen-bond donors (Lipinski definition) is 2. The van der Waals surface area contributed by atoms with Crippen molar-refractivity contribution < 1.29 is 4.79 Å². The minimum atomic E-state index is -0.0218. The van der Waals surface area contributed by atoms with E-state index in [0.29, 0.717) is 11.5 Å². The smallest absolute Gasteiger partial charge is 0.226 e. The first-order chi connectivity index (χ1) is 8.61. The highest BCUT2D eigenvalue weighted by atomic mass is 127. The van der Waals surface area contributed by atoms with Gasteiger partial charge in [-0.05, 0) is 65.5 Å². The third kappa shape index (κ3) is 6.30. The van der Waals surface area contributed by atoms with Gasteiger partial charge in [-0.2, -0.15) is 0 Å². The van der Waals surface area contributed by atoms with Gasteiger partial charge < -0.3 is 10.6 Å². The number of carbonyl (C=O) groups is 1. The summed E-state index contributed by atoms with van der Waals surface area (Å²) in [6.45, 7) is 2.11. The number of amides is 1. The fraction of sp³-hybridized carbons (Fsp3) is 0.385. The monoisotopic (exact) mass is 376 g/mol. The first kappa shape index (κ1) is 15.4. The van der Waals surface area contributed by atoms with Crippen molar-refractivity contribution in [2.75, 3.05) is 5.32 Å². The summed E-state index contributed by atoms with van der Waals surface area (Å²) in [5.74, 6) is -0.0218. The number of halogens is 1.